The Balaban J connectivity index is 1.67. The van der Waals surface area contributed by atoms with Gasteiger partial charge in [0.1, 0.15) is 26.8 Å². The lowest BCUT2D eigenvalue weighted by Gasteiger charge is -2.30. The van der Waals surface area contributed by atoms with E-state index in [0.29, 0.717) is 145 Å². The Morgan fingerprint density at radius 2 is 1.05 bits per heavy atom. The second-order valence-electron chi connectivity index (χ2n) is 18.8. The van der Waals surface area contributed by atoms with Gasteiger partial charge in [0.25, 0.3) is 10.1 Å². The number of carboxylic acids is 1. The second kappa shape index (κ2) is 33.8. The molecule has 2 heterocycles. The molecule has 0 spiro atoms. The molecule has 2 aliphatic rings. The van der Waals surface area contributed by atoms with E-state index in [1.165, 1.54) is 30.3 Å². The van der Waals surface area contributed by atoms with Gasteiger partial charge in [-0.2, -0.15) is 13.0 Å². The molecule has 26 heteroatoms. The summed E-state index contributed by atoms with van der Waals surface area (Å²) in [6.07, 6.45) is 7.43. The minimum absolute atomic E-state index is 0.0209. The topological polar surface area (TPSA) is 305 Å². The molecule has 0 saturated heterocycles. The van der Waals surface area contributed by atoms with Crippen molar-refractivity contribution in [1.82, 2.24) is 0 Å². The number of carbonyl (C=O) groups is 1. The molecule has 0 fully saturated rings. The molecule has 0 amide bonds. The highest BCUT2D eigenvalue weighted by molar-refractivity contribution is 7.86. The second-order valence-corrected chi connectivity index (χ2v) is 23.1. The number of anilines is 1. The van der Waals surface area contributed by atoms with Crippen LogP contribution in [0.15, 0.2) is 70.1 Å². The Morgan fingerprint density at radius 1 is 0.603 bits per heavy atom. The van der Waals surface area contributed by atoms with Gasteiger partial charge >= 0.3 is 5.97 Å². The van der Waals surface area contributed by atoms with Crippen molar-refractivity contribution in [1.29, 1.82) is 0 Å². The van der Waals surface area contributed by atoms with E-state index in [2.05, 4.69) is 0 Å². The zero-order valence-corrected chi connectivity index (χ0v) is 47.7. The SMILES string of the molecule is COCCOCCOCCOCCOCCC1(C)C(=CC=CC2=[N+](CCCS(=O)(=O)O)c3ccc(S(=O)(=O)[O-])cc3C2(C)CCOCCOCCOCCOCCOC)N(CCCCCC(=O)O)c2ccc(S(=O)(=O)[O-])cc21. The van der Waals surface area contributed by atoms with Crippen LogP contribution in [-0.2, 0) is 93.3 Å². The van der Waals surface area contributed by atoms with Crippen molar-refractivity contribution in [3.63, 3.8) is 0 Å². The first-order valence-corrected chi connectivity index (χ1v) is 30.4. The molecular formula is C52H79N2O21S3-. The van der Waals surface area contributed by atoms with Gasteiger partial charge < -0.3 is 66.5 Å². The van der Waals surface area contributed by atoms with Crippen LogP contribution in [0.1, 0.15) is 69.9 Å². The maximum absolute atomic E-state index is 12.5. The first kappa shape index (κ1) is 66.7. The van der Waals surface area contributed by atoms with Gasteiger partial charge in [-0.15, -0.1) is 0 Å². The Morgan fingerprint density at radius 3 is 1.51 bits per heavy atom. The number of allylic oxidation sites excluding steroid dienone is 4. The number of rotatable bonds is 44. The summed E-state index contributed by atoms with van der Waals surface area (Å²) in [5.41, 5.74) is 1.37. The Kier molecular flexibility index (Phi) is 28.9. The molecule has 0 aliphatic carbocycles. The van der Waals surface area contributed by atoms with Crippen LogP contribution in [0.3, 0.4) is 0 Å². The standard InChI is InChI=1S/C52H80N2O21S3/c1-51(17-21-68-27-29-72-35-37-74-33-31-70-25-23-66-3)44-40-42(77(60,61)62)13-15-46(44)53(19-7-5-6-12-50(55)56)48(51)10-8-11-49-52(2,18-22-69-28-30-73-36-38-75-34-32-71-26-24-67-4)45-41-43(78(63,64)65)14-16-47(45)54(49)20-9-39-76(57,58)59/h8,10-11,13-16,40-41H,5-7,9,12,17-39H2,1-4H3,(H3-,55,56,57,58,59,60,61,62,63,64,65)/p-1. The van der Waals surface area contributed by atoms with E-state index in [0.717, 1.165) is 0 Å². The Bertz CT molecular complexity index is 2610. The van der Waals surface area contributed by atoms with Crippen molar-refractivity contribution in [2.75, 3.05) is 157 Å². The highest BCUT2D eigenvalue weighted by atomic mass is 32.2. The maximum atomic E-state index is 12.5. The van der Waals surface area contributed by atoms with Crippen molar-refractivity contribution in [3.8, 4) is 0 Å². The molecule has 2 aromatic rings. The number of nitrogens with zero attached hydrogens (tertiary/aromatic N) is 2. The summed E-state index contributed by atoms with van der Waals surface area (Å²) in [6, 6.07) is 8.22. The third kappa shape index (κ3) is 21.9. The molecule has 23 nitrogen and oxygen atoms in total. The fourth-order valence-electron chi connectivity index (χ4n) is 9.10. The quantitative estimate of drug-likeness (QED) is 0.0534. The smallest absolute Gasteiger partial charge is 0.303 e. The molecule has 0 radical (unpaired) electrons. The van der Waals surface area contributed by atoms with Crippen LogP contribution < -0.4 is 4.90 Å². The van der Waals surface area contributed by atoms with Crippen LogP contribution >= 0.6 is 0 Å². The summed E-state index contributed by atoms with van der Waals surface area (Å²) >= 11 is 0. The van der Waals surface area contributed by atoms with E-state index in [4.69, 9.17) is 47.4 Å². The highest BCUT2D eigenvalue weighted by Crippen LogP contribution is 2.51. The van der Waals surface area contributed by atoms with Gasteiger partial charge in [0.15, 0.2) is 5.71 Å². The van der Waals surface area contributed by atoms with E-state index in [-0.39, 0.29) is 65.4 Å². The fourth-order valence-corrected chi connectivity index (χ4v) is 10.6. The maximum Gasteiger partial charge on any atom is 0.303 e. The molecular weight excluding hydrogens is 1080 g/mol. The number of carboxylic acid groups (broad SMARTS) is 1. The number of methoxy groups -OCH3 is 2. The molecule has 0 aromatic heterocycles. The number of unbranched alkanes of at least 4 members (excludes halogenated alkanes) is 2. The lowest BCUT2D eigenvalue weighted by atomic mass is 9.76. The summed E-state index contributed by atoms with van der Waals surface area (Å²) in [5.74, 6) is -1.50. The van der Waals surface area contributed by atoms with Crippen molar-refractivity contribution in [2.24, 2.45) is 0 Å². The first-order chi connectivity index (χ1) is 37.2. The summed E-state index contributed by atoms with van der Waals surface area (Å²) < 4.78 is 166. The Hall–Kier alpha value is -3.81. The van der Waals surface area contributed by atoms with Gasteiger partial charge in [0.05, 0.1) is 127 Å². The molecule has 78 heavy (non-hydrogen) atoms. The van der Waals surface area contributed by atoms with Gasteiger partial charge in [-0.25, -0.2) is 16.8 Å². The highest BCUT2D eigenvalue weighted by Gasteiger charge is 2.48. The molecule has 442 valence electrons. The summed E-state index contributed by atoms with van der Waals surface area (Å²) in [5, 5.41) is 9.32. The molecule has 2 aliphatic heterocycles. The van der Waals surface area contributed by atoms with Gasteiger partial charge in [0.2, 0.25) is 5.69 Å². The Labute approximate surface area is 460 Å². The third-order valence-electron chi connectivity index (χ3n) is 13.1. The van der Waals surface area contributed by atoms with Crippen LogP contribution in [0.25, 0.3) is 0 Å². The van der Waals surface area contributed by atoms with E-state index in [9.17, 15) is 48.8 Å². The monoisotopic (exact) mass is 1160 g/mol. The van der Waals surface area contributed by atoms with Crippen molar-refractivity contribution < 1.29 is 101 Å². The van der Waals surface area contributed by atoms with Crippen LogP contribution in [0.5, 0.6) is 0 Å². The van der Waals surface area contributed by atoms with Crippen molar-refractivity contribution in [3.05, 3.63) is 71.5 Å². The molecule has 2 aromatic carbocycles. The average molecular weight is 1160 g/mol. The minimum Gasteiger partial charge on any atom is -0.744 e. The number of hydrogen-bond donors (Lipinski definition) is 2. The average Bonchev–Trinajstić information content (AvgIpc) is 4.03. The number of hydrogen-bond acceptors (Lipinski definition) is 20. The van der Waals surface area contributed by atoms with Crippen LogP contribution in [-0.4, -0.2) is 212 Å². The van der Waals surface area contributed by atoms with Crippen LogP contribution in [0.4, 0.5) is 11.4 Å². The normalized spacial score (nSPS) is 18.2. The van der Waals surface area contributed by atoms with Crippen molar-refractivity contribution >= 4 is 53.4 Å². The van der Waals surface area contributed by atoms with Gasteiger partial charge in [-0.05, 0) is 81.5 Å². The number of aliphatic carboxylic acids is 1. The van der Waals surface area contributed by atoms with Gasteiger partial charge in [-0.1, -0.05) is 12.5 Å². The molecule has 2 unspecified atom stereocenters. The molecule has 0 saturated carbocycles. The first-order valence-electron chi connectivity index (χ1n) is 26.0. The summed E-state index contributed by atoms with van der Waals surface area (Å²) in [6.45, 7) is 10.3. The zero-order chi connectivity index (χ0) is 57.1. The molecule has 4 rings (SSSR count). The molecule has 2 N–H and O–H groups in total. The van der Waals surface area contributed by atoms with Crippen molar-refractivity contribution in [2.45, 2.75) is 79.4 Å². The predicted octanol–water partition coefficient (Wildman–Crippen LogP) is 4.20. The number of fused-ring (bicyclic) bond motifs is 2. The van der Waals surface area contributed by atoms with E-state index in [1.54, 1.807) is 32.4 Å². The van der Waals surface area contributed by atoms with E-state index in [1.807, 2.05) is 29.4 Å². The fraction of sp³-hybridized carbons (Fsp3) is 0.654. The lowest BCUT2D eigenvalue weighted by Crippen LogP contribution is -2.33. The molecule has 0 bridgehead atoms. The van der Waals surface area contributed by atoms with Gasteiger partial charge in [-0.3, -0.25) is 9.35 Å². The number of benzene rings is 2. The molecule has 2 atom stereocenters. The zero-order valence-electron chi connectivity index (χ0n) is 45.3. The summed E-state index contributed by atoms with van der Waals surface area (Å²) in [4.78, 5) is 12.5. The van der Waals surface area contributed by atoms with Crippen LogP contribution in [0.2, 0.25) is 0 Å². The third-order valence-corrected chi connectivity index (χ3v) is 15.6. The van der Waals surface area contributed by atoms with Gasteiger partial charge in [0, 0.05) is 81.3 Å². The minimum atomic E-state index is -4.93. The van der Waals surface area contributed by atoms with E-state index < -0.39 is 62.7 Å². The number of ether oxygens (including phenoxy) is 10. The largest absolute Gasteiger partial charge is 0.744 e. The predicted molar refractivity (Wildman–Crippen MR) is 285 cm³/mol. The van der Waals surface area contributed by atoms with Crippen LogP contribution in [0, 0.1) is 0 Å². The van der Waals surface area contributed by atoms with E-state index >= 15 is 0 Å². The summed E-state index contributed by atoms with van der Waals surface area (Å²) in [7, 11) is -11.0. The lowest BCUT2D eigenvalue weighted by molar-refractivity contribution is -0.437.